The highest BCUT2D eigenvalue weighted by atomic mass is 19.1. The van der Waals surface area contributed by atoms with Crippen LogP contribution >= 0.6 is 0 Å². The molecule has 0 radical (unpaired) electrons. The van der Waals surface area contributed by atoms with Gasteiger partial charge in [0.05, 0.1) is 13.2 Å². The van der Waals surface area contributed by atoms with Crippen LogP contribution in [0.15, 0.2) is 54.3 Å². The Bertz CT molecular complexity index is 847. The smallest absolute Gasteiger partial charge is 0.145 e. The van der Waals surface area contributed by atoms with Gasteiger partial charge in [0, 0.05) is 42.3 Å². The van der Waals surface area contributed by atoms with Crippen molar-refractivity contribution >= 4 is 11.5 Å². The molecule has 168 valence electrons. The lowest BCUT2D eigenvalue weighted by atomic mass is 9.96. The number of hydrogen-bond donors (Lipinski definition) is 2. The summed E-state index contributed by atoms with van der Waals surface area (Å²) in [4.78, 5) is 7.04. The van der Waals surface area contributed by atoms with E-state index in [2.05, 4.69) is 17.5 Å². The molecular formula is C22H27F3N4O2. The van der Waals surface area contributed by atoms with E-state index in [9.17, 15) is 13.2 Å². The number of anilines is 1. The number of nitrogen functional groups attached to an aromatic ring is 1. The highest BCUT2D eigenvalue weighted by Crippen LogP contribution is 2.34. The lowest BCUT2D eigenvalue weighted by molar-refractivity contribution is 0.106. The number of nitrogens with two attached hydrogens (primary N) is 2. The summed E-state index contributed by atoms with van der Waals surface area (Å²) in [5.41, 5.74) is 10.6. The highest BCUT2D eigenvalue weighted by Gasteiger charge is 2.34. The van der Waals surface area contributed by atoms with Gasteiger partial charge in [-0.15, -0.1) is 0 Å². The Morgan fingerprint density at radius 3 is 2.35 bits per heavy atom. The third kappa shape index (κ3) is 6.84. The first-order valence-electron chi connectivity index (χ1n) is 9.78. The molecule has 0 aromatic heterocycles. The number of nitrogens with zero attached hydrogens (tertiary/aromatic N) is 2. The molecule has 0 saturated carbocycles. The van der Waals surface area contributed by atoms with Gasteiger partial charge >= 0.3 is 0 Å². The molecule has 0 bridgehead atoms. The van der Waals surface area contributed by atoms with Crippen LogP contribution < -0.4 is 16.2 Å². The molecule has 2 aromatic rings. The molecule has 2 aromatic carbocycles. The lowest BCUT2D eigenvalue weighted by Gasteiger charge is -2.21. The van der Waals surface area contributed by atoms with Crippen LogP contribution in [-0.2, 0) is 4.84 Å². The van der Waals surface area contributed by atoms with Crippen LogP contribution in [-0.4, -0.2) is 37.0 Å². The van der Waals surface area contributed by atoms with E-state index in [4.69, 9.17) is 15.3 Å². The molecule has 9 heteroatoms. The van der Waals surface area contributed by atoms with E-state index < -0.39 is 11.6 Å². The van der Waals surface area contributed by atoms with Crippen molar-refractivity contribution in [1.29, 1.82) is 0 Å². The highest BCUT2D eigenvalue weighted by molar-refractivity contribution is 5.85. The molecule has 1 atom stereocenters. The topological polar surface area (TPSA) is 86.1 Å². The van der Waals surface area contributed by atoms with Gasteiger partial charge in [-0.05, 0) is 37.4 Å². The van der Waals surface area contributed by atoms with Crippen LogP contribution in [0.1, 0.15) is 24.8 Å². The maximum Gasteiger partial charge on any atom is 0.145 e. The van der Waals surface area contributed by atoms with Crippen LogP contribution in [0.3, 0.4) is 0 Å². The fourth-order valence-corrected chi connectivity index (χ4v) is 3.23. The first-order valence-corrected chi connectivity index (χ1v) is 9.78. The van der Waals surface area contributed by atoms with Gasteiger partial charge in [-0.2, -0.15) is 0 Å². The summed E-state index contributed by atoms with van der Waals surface area (Å²) in [5.74, 6) is -0.596. The molecule has 2 aliphatic rings. The van der Waals surface area contributed by atoms with Gasteiger partial charge in [-0.3, -0.25) is 0 Å². The van der Waals surface area contributed by atoms with Gasteiger partial charge in [0.1, 0.15) is 35.6 Å². The minimum Gasteiger partial charge on any atom is -0.494 e. The fraction of sp³-hybridized carbons (Fsp3) is 0.318. The molecule has 4 N–H and O–H groups in total. The van der Waals surface area contributed by atoms with Crippen molar-refractivity contribution < 1.29 is 22.7 Å². The largest absolute Gasteiger partial charge is 0.494 e. The Morgan fingerprint density at radius 2 is 1.84 bits per heavy atom. The van der Waals surface area contributed by atoms with Crippen LogP contribution in [0.5, 0.6) is 5.75 Å². The minimum atomic E-state index is -0.556. The molecule has 4 rings (SSSR count). The predicted molar refractivity (Wildman–Crippen MR) is 115 cm³/mol. The van der Waals surface area contributed by atoms with Crippen molar-refractivity contribution in [3.8, 4) is 5.75 Å². The maximum atomic E-state index is 14.2. The summed E-state index contributed by atoms with van der Waals surface area (Å²) in [6.45, 7) is 7.10. The number of halogens is 3. The van der Waals surface area contributed by atoms with E-state index in [1.54, 1.807) is 6.92 Å². The summed E-state index contributed by atoms with van der Waals surface area (Å²) in [7, 11) is 0. The molecule has 1 saturated heterocycles. The standard InChI is InChI=1S/C14H16F2N2O2.C6H6FN.C2H5N/c1-2-19-10-6-11(15)14(12(16)7-10)9-5-13-17-20-4-3-18(13)8-9;7-5-1-3-6(8)4-2-5;1-2-3/h6-7,9H,2-5,8H2,1H3;1-4H,8H2;2H,1,3H2. The number of benzene rings is 2. The van der Waals surface area contributed by atoms with Crippen LogP contribution in [0.4, 0.5) is 18.9 Å². The van der Waals surface area contributed by atoms with E-state index in [0.717, 1.165) is 12.4 Å². The molecular weight excluding hydrogens is 409 g/mol. The van der Waals surface area contributed by atoms with Gasteiger partial charge in [-0.1, -0.05) is 11.7 Å². The van der Waals surface area contributed by atoms with Crippen molar-refractivity contribution in [2.24, 2.45) is 10.9 Å². The minimum absolute atomic E-state index is 0.116. The molecule has 0 amide bonds. The van der Waals surface area contributed by atoms with Gasteiger partial charge in [0.15, 0.2) is 0 Å². The Balaban J connectivity index is 0.000000258. The fourth-order valence-electron chi connectivity index (χ4n) is 3.23. The number of oxime groups is 1. The van der Waals surface area contributed by atoms with Gasteiger partial charge < -0.3 is 25.9 Å². The first kappa shape index (κ1) is 23.9. The molecule has 6 nitrogen and oxygen atoms in total. The average Bonchev–Trinajstić information content (AvgIpc) is 3.14. The Kier molecular flexibility index (Phi) is 9.05. The Hall–Kier alpha value is -3.36. The quantitative estimate of drug-likeness (QED) is 0.711. The number of hydrogen-bond acceptors (Lipinski definition) is 6. The third-order valence-corrected chi connectivity index (χ3v) is 4.50. The molecule has 2 heterocycles. The molecule has 2 aliphatic heterocycles. The summed E-state index contributed by atoms with van der Waals surface area (Å²) < 4.78 is 45.5. The Labute approximate surface area is 179 Å². The van der Waals surface area contributed by atoms with Crippen molar-refractivity contribution in [3.63, 3.8) is 0 Å². The molecule has 0 spiro atoms. The number of amidine groups is 1. The number of ether oxygens (including phenoxy) is 1. The van der Waals surface area contributed by atoms with E-state index in [1.165, 1.54) is 42.6 Å². The van der Waals surface area contributed by atoms with Crippen molar-refractivity contribution in [2.75, 3.05) is 32.0 Å². The average molecular weight is 436 g/mol. The van der Waals surface area contributed by atoms with Gasteiger partial charge in [-0.25, -0.2) is 13.2 Å². The van der Waals surface area contributed by atoms with E-state index in [0.29, 0.717) is 31.9 Å². The van der Waals surface area contributed by atoms with E-state index in [1.807, 2.05) is 4.90 Å². The normalized spacial score (nSPS) is 16.5. The lowest BCUT2D eigenvalue weighted by Crippen LogP contribution is -2.32. The number of rotatable bonds is 3. The molecule has 31 heavy (non-hydrogen) atoms. The van der Waals surface area contributed by atoms with E-state index >= 15 is 0 Å². The van der Waals surface area contributed by atoms with Crippen molar-refractivity contribution in [1.82, 2.24) is 4.90 Å². The van der Waals surface area contributed by atoms with Crippen molar-refractivity contribution in [2.45, 2.75) is 19.3 Å². The third-order valence-electron chi connectivity index (χ3n) is 4.50. The zero-order valence-corrected chi connectivity index (χ0v) is 17.4. The second-order valence-corrected chi connectivity index (χ2v) is 6.71. The zero-order valence-electron chi connectivity index (χ0n) is 17.4. The Morgan fingerprint density at radius 1 is 1.23 bits per heavy atom. The molecule has 0 aliphatic carbocycles. The summed E-state index contributed by atoms with van der Waals surface area (Å²) in [5, 5.41) is 3.95. The SMILES string of the molecule is C=CN.CCOc1cc(F)c(C2CC3=NOCCN3C2)c(F)c1.Nc1ccc(F)cc1. The predicted octanol–water partition coefficient (Wildman–Crippen LogP) is 3.99. The van der Waals surface area contributed by atoms with Gasteiger partial charge in [0.2, 0.25) is 0 Å². The van der Waals surface area contributed by atoms with Crippen LogP contribution in [0, 0.1) is 17.5 Å². The summed E-state index contributed by atoms with van der Waals surface area (Å²) in [6, 6.07) is 8.20. The number of fused-ring (bicyclic) bond motifs is 1. The summed E-state index contributed by atoms with van der Waals surface area (Å²) in [6.07, 6.45) is 1.75. The van der Waals surface area contributed by atoms with Crippen LogP contribution in [0.2, 0.25) is 0 Å². The first-order chi connectivity index (χ1) is 14.9. The second kappa shape index (κ2) is 11.7. The van der Waals surface area contributed by atoms with E-state index in [-0.39, 0.29) is 23.0 Å². The maximum absolute atomic E-state index is 14.2. The zero-order chi connectivity index (χ0) is 22.8. The molecule has 1 unspecified atom stereocenters. The van der Waals surface area contributed by atoms with Gasteiger partial charge in [0.25, 0.3) is 0 Å². The monoisotopic (exact) mass is 436 g/mol. The summed E-state index contributed by atoms with van der Waals surface area (Å²) >= 11 is 0. The van der Waals surface area contributed by atoms with Crippen molar-refractivity contribution in [3.05, 3.63) is 72.2 Å². The molecule has 1 fully saturated rings. The second-order valence-electron chi connectivity index (χ2n) is 6.71. The van der Waals surface area contributed by atoms with Crippen LogP contribution in [0.25, 0.3) is 0 Å².